The summed E-state index contributed by atoms with van der Waals surface area (Å²) in [6, 6.07) is 4.65. The van der Waals surface area contributed by atoms with Crippen molar-refractivity contribution in [2.24, 2.45) is 0 Å². The second kappa shape index (κ2) is 9.97. The molecule has 1 aliphatic heterocycles. The maximum Gasteiger partial charge on any atom is 0.417 e. The zero-order valence-corrected chi connectivity index (χ0v) is 19.1. The number of benzene rings is 2. The lowest BCUT2D eigenvalue weighted by atomic mass is 10.0. The van der Waals surface area contributed by atoms with E-state index in [0.717, 1.165) is 12.1 Å². The first-order chi connectivity index (χ1) is 16.0. The van der Waals surface area contributed by atoms with Crippen molar-refractivity contribution in [1.29, 1.82) is 0 Å². The van der Waals surface area contributed by atoms with Gasteiger partial charge in [0.15, 0.2) is 0 Å². The number of halogens is 5. The van der Waals surface area contributed by atoms with Gasteiger partial charge in [-0.1, -0.05) is 18.7 Å². The largest absolute Gasteiger partial charge is 0.417 e. The highest BCUT2D eigenvalue weighted by Gasteiger charge is 2.36. The number of piperazine rings is 1. The molecule has 1 atom stereocenters. The molecule has 0 unspecified atom stereocenters. The van der Waals surface area contributed by atoms with E-state index < -0.39 is 34.8 Å². The Balaban J connectivity index is 2.09. The Morgan fingerprint density at radius 2 is 1.85 bits per heavy atom. The average molecular weight is 479 g/mol. The number of hydrogen-bond donors (Lipinski definition) is 1. The molecule has 0 spiro atoms. The number of carbonyl (C=O) groups excluding carboxylic acids is 1. The first kappa shape index (κ1) is 25.4. The highest BCUT2D eigenvalue weighted by molar-refractivity contribution is 6.07. The maximum atomic E-state index is 15.1. The van der Waals surface area contributed by atoms with Crippen LogP contribution in [-0.2, 0) is 6.18 Å². The van der Waals surface area contributed by atoms with E-state index in [2.05, 4.69) is 16.8 Å². The van der Waals surface area contributed by atoms with Gasteiger partial charge in [-0.3, -0.25) is 4.79 Å². The van der Waals surface area contributed by atoms with E-state index in [1.54, 1.807) is 13.0 Å². The van der Waals surface area contributed by atoms with Crippen molar-refractivity contribution in [3.8, 4) is 0 Å². The third-order valence-corrected chi connectivity index (χ3v) is 6.01. The van der Waals surface area contributed by atoms with Gasteiger partial charge in [-0.2, -0.15) is 13.2 Å². The number of rotatable bonds is 5. The van der Waals surface area contributed by atoms with Crippen molar-refractivity contribution < 1.29 is 26.7 Å². The number of alkyl halides is 3. The van der Waals surface area contributed by atoms with Crippen molar-refractivity contribution in [1.82, 2.24) is 4.90 Å². The van der Waals surface area contributed by atoms with Crippen LogP contribution in [0.4, 0.5) is 33.3 Å². The topological polar surface area (TPSA) is 35.6 Å². The minimum Gasteiger partial charge on any atom is -0.367 e. The second-order valence-electron chi connectivity index (χ2n) is 8.21. The first-order valence-electron chi connectivity index (χ1n) is 10.7. The maximum absolute atomic E-state index is 15.1. The smallest absolute Gasteiger partial charge is 0.367 e. The van der Waals surface area contributed by atoms with Crippen molar-refractivity contribution in [2.75, 3.05) is 36.9 Å². The van der Waals surface area contributed by atoms with Crippen LogP contribution in [-0.4, -0.2) is 43.5 Å². The van der Waals surface area contributed by atoms with Crippen LogP contribution >= 0.6 is 0 Å². The molecule has 182 valence electrons. The Bertz CT molecular complexity index is 1130. The standard InChI is InChI=1S/C25H26F5N3O/c1-5-16(6-2)19-12-22(23(13-21(19)27)33-10-9-32(4)15(3)14-33)31-24(34)18-8-7-17(26)11-20(18)25(28,29)30/h5-8,11-13,15H,1,9-10,14H2,2-4H3,(H,31,34)/b16-6+/t15-/m0/s1. The minimum atomic E-state index is -4.93. The third-order valence-electron chi connectivity index (χ3n) is 6.01. The molecular formula is C25H26F5N3O. The molecule has 0 saturated carbocycles. The fourth-order valence-corrected chi connectivity index (χ4v) is 3.93. The first-order valence-corrected chi connectivity index (χ1v) is 10.7. The van der Waals surface area contributed by atoms with Crippen LogP contribution in [0.25, 0.3) is 5.57 Å². The van der Waals surface area contributed by atoms with E-state index in [-0.39, 0.29) is 23.4 Å². The molecule has 1 N–H and O–H groups in total. The zero-order chi connectivity index (χ0) is 25.2. The van der Waals surface area contributed by atoms with Gasteiger partial charge in [0.25, 0.3) is 5.91 Å². The molecule has 0 radical (unpaired) electrons. The van der Waals surface area contributed by atoms with Crippen molar-refractivity contribution in [2.45, 2.75) is 26.1 Å². The fourth-order valence-electron chi connectivity index (χ4n) is 3.93. The molecule has 2 aromatic carbocycles. The van der Waals surface area contributed by atoms with Gasteiger partial charge in [0.05, 0.1) is 22.5 Å². The molecule has 1 aliphatic rings. The van der Waals surface area contributed by atoms with Crippen LogP contribution in [0.15, 0.2) is 49.1 Å². The van der Waals surface area contributed by atoms with E-state index >= 15 is 4.39 Å². The second-order valence-corrected chi connectivity index (χ2v) is 8.21. The van der Waals surface area contributed by atoms with Crippen molar-refractivity contribution >= 4 is 22.9 Å². The van der Waals surface area contributed by atoms with Crippen molar-refractivity contribution in [3.05, 3.63) is 77.4 Å². The molecule has 2 aromatic rings. The van der Waals surface area contributed by atoms with E-state index in [0.29, 0.717) is 30.9 Å². The molecule has 3 rings (SSSR count). The van der Waals surface area contributed by atoms with E-state index in [1.807, 2.05) is 18.9 Å². The number of carbonyl (C=O) groups is 1. The Hall–Kier alpha value is -3.20. The summed E-state index contributed by atoms with van der Waals surface area (Å²) in [5.41, 5.74) is -1.01. The Labute approximate surface area is 195 Å². The lowest BCUT2D eigenvalue weighted by Gasteiger charge is -2.39. The molecule has 1 heterocycles. The van der Waals surface area contributed by atoms with Gasteiger partial charge in [-0.25, -0.2) is 8.78 Å². The molecule has 9 heteroatoms. The van der Waals surface area contributed by atoms with E-state index in [9.17, 15) is 22.4 Å². The summed E-state index contributed by atoms with van der Waals surface area (Å²) in [4.78, 5) is 17.0. The summed E-state index contributed by atoms with van der Waals surface area (Å²) in [5.74, 6) is -2.73. The molecule has 0 aliphatic carbocycles. The van der Waals surface area contributed by atoms with Gasteiger partial charge < -0.3 is 15.1 Å². The Morgan fingerprint density at radius 1 is 1.15 bits per heavy atom. The lowest BCUT2D eigenvalue weighted by molar-refractivity contribution is -0.138. The van der Waals surface area contributed by atoms with E-state index in [4.69, 9.17) is 0 Å². The van der Waals surface area contributed by atoms with Gasteiger partial charge in [-0.05, 0) is 56.8 Å². The Morgan fingerprint density at radius 3 is 2.44 bits per heavy atom. The zero-order valence-electron chi connectivity index (χ0n) is 19.1. The van der Waals surface area contributed by atoms with Crippen molar-refractivity contribution in [3.63, 3.8) is 0 Å². The summed E-state index contributed by atoms with van der Waals surface area (Å²) >= 11 is 0. The van der Waals surface area contributed by atoms with Crippen LogP contribution in [0, 0.1) is 11.6 Å². The SMILES string of the molecule is C=C/C(=C\C)c1cc(NC(=O)c2ccc(F)cc2C(F)(F)F)c(N2CCN(C)[C@@H](C)C2)cc1F. The summed E-state index contributed by atoms with van der Waals surface area (Å²) in [6.45, 7) is 9.10. The molecule has 1 amide bonds. The molecule has 34 heavy (non-hydrogen) atoms. The molecule has 0 aromatic heterocycles. The third kappa shape index (κ3) is 5.30. The molecule has 1 fully saturated rings. The van der Waals surface area contributed by atoms with Gasteiger partial charge in [0.2, 0.25) is 0 Å². The quantitative estimate of drug-likeness (QED) is 0.424. The number of nitrogens with one attached hydrogen (secondary N) is 1. The highest BCUT2D eigenvalue weighted by atomic mass is 19.4. The number of likely N-dealkylation sites (N-methyl/N-ethyl adjacent to an activating group) is 1. The number of hydrogen-bond acceptors (Lipinski definition) is 3. The predicted molar refractivity (Wildman–Crippen MR) is 124 cm³/mol. The van der Waals surface area contributed by atoms with Gasteiger partial charge >= 0.3 is 6.18 Å². The molecular weight excluding hydrogens is 453 g/mol. The summed E-state index contributed by atoms with van der Waals surface area (Å²) in [6.07, 6.45) is -1.85. The van der Waals surface area contributed by atoms with Crippen LogP contribution in [0.1, 0.15) is 35.3 Å². The van der Waals surface area contributed by atoms with Gasteiger partial charge in [0, 0.05) is 31.2 Å². The summed E-state index contributed by atoms with van der Waals surface area (Å²) < 4.78 is 69.0. The van der Waals surface area contributed by atoms with Gasteiger partial charge in [-0.15, -0.1) is 0 Å². The number of nitrogens with zero attached hydrogens (tertiary/aromatic N) is 2. The average Bonchev–Trinajstić information content (AvgIpc) is 2.77. The van der Waals surface area contributed by atoms with Gasteiger partial charge in [0.1, 0.15) is 11.6 Å². The van der Waals surface area contributed by atoms with E-state index in [1.165, 1.54) is 18.2 Å². The summed E-state index contributed by atoms with van der Waals surface area (Å²) in [7, 11) is 1.96. The molecule has 4 nitrogen and oxygen atoms in total. The van der Waals surface area contributed by atoms with Crippen LogP contribution in [0.3, 0.4) is 0 Å². The lowest BCUT2D eigenvalue weighted by Crippen LogP contribution is -2.50. The van der Waals surface area contributed by atoms with Crippen LogP contribution in [0.5, 0.6) is 0 Å². The fraction of sp³-hybridized carbons (Fsp3) is 0.320. The molecule has 1 saturated heterocycles. The predicted octanol–water partition coefficient (Wildman–Crippen LogP) is 5.97. The number of allylic oxidation sites excluding steroid dienone is 3. The monoisotopic (exact) mass is 479 g/mol. The van der Waals surface area contributed by atoms with Crippen LogP contribution < -0.4 is 10.2 Å². The molecule has 0 bridgehead atoms. The highest BCUT2D eigenvalue weighted by Crippen LogP contribution is 2.36. The minimum absolute atomic E-state index is 0.133. The number of amides is 1. The normalized spacial score (nSPS) is 17.6. The number of anilines is 2. The van der Waals surface area contributed by atoms with Crippen LogP contribution in [0.2, 0.25) is 0 Å². The Kier molecular flexibility index (Phi) is 7.45. The summed E-state index contributed by atoms with van der Waals surface area (Å²) in [5, 5.41) is 2.51.